The van der Waals surface area contributed by atoms with Crippen molar-refractivity contribution in [2.75, 3.05) is 0 Å². The van der Waals surface area contributed by atoms with Crippen LogP contribution < -0.4 is 4.57 Å². The minimum atomic E-state index is -0.801. The van der Waals surface area contributed by atoms with Gasteiger partial charge in [0.05, 0.1) is 0 Å². The van der Waals surface area contributed by atoms with Gasteiger partial charge in [0.2, 0.25) is 0 Å². The molecule has 0 atom stereocenters. The highest BCUT2D eigenvalue weighted by molar-refractivity contribution is 5.72. The Labute approximate surface area is 115 Å². The first-order valence-electron chi connectivity index (χ1n) is 6.23. The van der Waals surface area contributed by atoms with E-state index in [0.717, 1.165) is 16.9 Å². The Morgan fingerprint density at radius 2 is 1.90 bits per heavy atom. The number of fused-ring (bicyclic) bond motifs is 1. The second-order valence-electron chi connectivity index (χ2n) is 4.40. The van der Waals surface area contributed by atoms with Gasteiger partial charge in [-0.2, -0.15) is 0 Å². The van der Waals surface area contributed by atoms with Crippen molar-refractivity contribution < 1.29 is 14.5 Å². The normalized spacial score (nSPS) is 10.8. The van der Waals surface area contributed by atoms with E-state index in [1.807, 2.05) is 45.9 Å². The zero-order valence-electron chi connectivity index (χ0n) is 10.7. The lowest BCUT2D eigenvalue weighted by molar-refractivity contribution is -0.695. The van der Waals surface area contributed by atoms with E-state index in [9.17, 15) is 4.79 Å². The zero-order valence-corrected chi connectivity index (χ0v) is 10.7. The molecule has 0 saturated heterocycles. The minimum absolute atomic E-state index is 0.109. The molecule has 0 unspecified atom stereocenters. The topological polar surface area (TPSA) is 71.4 Å². The average Bonchev–Trinajstić information content (AvgIpc) is 2.94. The second kappa shape index (κ2) is 5.08. The highest BCUT2D eigenvalue weighted by Gasteiger charge is 2.09. The number of imidazole rings is 1. The molecule has 0 spiro atoms. The third-order valence-electron chi connectivity index (χ3n) is 3.06. The van der Waals surface area contributed by atoms with E-state index in [1.165, 1.54) is 0 Å². The molecule has 3 heterocycles. The van der Waals surface area contributed by atoms with Crippen molar-refractivity contribution in [3.05, 3.63) is 49.3 Å². The Hall–Kier alpha value is -2.76. The molecular formula is C14H13N4O2+. The summed E-state index contributed by atoms with van der Waals surface area (Å²) in [6.07, 6.45) is 11.0. The van der Waals surface area contributed by atoms with E-state index in [2.05, 4.69) is 9.97 Å². The molecule has 0 bridgehead atoms. The van der Waals surface area contributed by atoms with Crippen LogP contribution in [0.3, 0.4) is 0 Å². The maximum absolute atomic E-state index is 10.5. The zero-order chi connectivity index (χ0) is 13.9. The summed E-state index contributed by atoms with van der Waals surface area (Å²) >= 11 is 0. The molecule has 6 nitrogen and oxygen atoms in total. The van der Waals surface area contributed by atoms with Gasteiger partial charge in [0.15, 0.2) is 24.6 Å². The van der Waals surface area contributed by atoms with Crippen LogP contribution >= 0.6 is 0 Å². The molecule has 20 heavy (non-hydrogen) atoms. The van der Waals surface area contributed by atoms with Crippen molar-refractivity contribution >= 4 is 11.6 Å². The number of aryl methyl sites for hydroxylation is 1. The fourth-order valence-electron chi connectivity index (χ4n) is 2.05. The Morgan fingerprint density at radius 1 is 1.20 bits per heavy atom. The first-order valence-corrected chi connectivity index (χ1v) is 6.23. The first-order chi connectivity index (χ1) is 9.74. The molecule has 0 aliphatic carbocycles. The number of rotatable bonds is 4. The van der Waals surface area contributed by atoms with Gasteiger partial charge in [-0.15, -0.1) is 0 Å². The molecular weight excluding hydrogens is 256 g/mol. The molecule has 0 aliphatic heterocycles. The summed E-state index contributed by atoms with van der Waals surface area (Å²) in [6, 6.07) is 3.83. The van der Waals surface area contributed by atoms with Crippen LogP contribution in [0, 0.1) is 0 Å². The summed E-state index contributed by atoms with van der Waals surface area (Å²) in [5.41, 5.74) is 2.56. The van der Waals surface area contributed by atoms with Crippen LogP contribution in [0.1, 0.15) is 6.42 Å². The van der Waals surface area contributed by atoms with Crippen LogP contribution in [0.2, 0.25) is 0 Å². The average molecular weight is 269 g/mol. The minimum Gasteiger partial charge on any atom is -0.481 e. The van der Waals surface area contributed by atoms with Crippen molar-refractivity contribution in [1.82, 2.24) is 14.4 Å². The van der Waals surface area contributed by atoms with Crippen LogP contribution in [-0.2, 0) is 11.3 Å². The number of hydrogen-bond acceptors (Lipinski definition) is 3. The number of carboxylic acid groups (broad SMARTS) is 1. The van der Waals surface area contributed by atoms with Gasteiger partial charge in [-0.05, 0) is 0 Å². The SMILES string of the molecule is O=C(O)CC[n+]1ccc(-c2nccn3ccnc23)cc1. The highest BCUT2D eigenvalue weighted by Crippen LogP contribution is 2.19. The van der Waals surface area contributed by atoms with E-state index in [0.29, 0.717) is 6.54 Å². The lowest BCUT2D eigenvalue weighted by Crippen LogP contribution is -2.33. The number of aromatic nitrogens is 4. The third-order valence-corrected chi connectivity index (χ3v) is 3.06. The van der Waals surface area contributed by atoms with Crippen molar-refractivity contribution in [2.24, 2.45) is 0 Å². The van der Waals surface area contributed by atoms with Gasteiger partial charge >= 0.3 is 5.97 Å². The number of carbonyl (C=O) groups is 1. The number of carboxylic acids is 1. The Balaban J connectivity index is 1.91. The summed E-state index contributed by atoms with van der Waals surface area (Å²) in [4.78, 5) is 19.2. The molecule has 0 amide bonds. The van der Waals surface area contributed by atoms with E-state index in [1.54, 1.807) is 12.4 Å². The molecule has 3 aromatic heterocycles. The first kappa shape index (κ1) is 12.3. The quantitative estimate of drug-likeness (QED) is 0.721. The molecule has 6 heteroatoms. The van der Waals surface area contributed by atoms with Crippen LogP contribution in [-0.4, -0.2) is 25.4 Å². The lowest BCUT2D eigenvalue weighted by Gasteiger charge is -2.02. The number of hydrogen-bond donors (Lipinski definition) is 1. The molecule has 0 radical (unpaired) electrons. The van der Waals surface area contributed by atoms with Gasteiger partial charge in [-0.3, -0.25) is 9.78 Å². The molecule has 0 saturated carbocycles. The van der Waals surface area contributed by atoms with Crippen LogP contribution in [0.25, 0.3) is 16.9 Å². The Kier molecular flexibility index (Phi) is 3.12. The Morgan fingerprint density at radius 3 is 2.60 bits per heavy atom. The maximum Gasteiger partial charge on any atom is 0.309 e. The van der Waals surface area contributed by atoms with E-state index >= 15 is 0 Å². The fraction of sp³-hybridized carbons (Fsp3) is 0.143. The van der Waals surface area contributed by atoms with Crippen molar-refractivity contribution in [1.29, 1.82) is 0 Å². The summed E-state index contributed by atoms with van der Waals surface area (Å²) in [7, 11) is 0. The molecule has 0 aliphatic rings. The molecule has 3 aromatic rings. The van der Waals surface area contributed by atoms with Crippen LogP contribution in [0.15, 0.2) is 49.3 Å². The van der Waals surface area contributed by atoms with E-state index < -0.39 is 5.97 Å². The molecule has 0 fully saturated rings. The van der Waals surface area contributed by atoms with Crippen molar-refractivity contribution in [3.63, 3.8) is 0 Å². The third kappa shape index (κ3) is 2.35. The van der Waals surface area contributed by atoms with Gasteiger partial charge in [0.1, 0.15) is 12.1 Å². The van der Waals surface area contributed by atoms with Gasteiger partial charge in [-0.25, -0.2) is 9.55 Å². The molecule has 3 rings (SSSR count). The van der Waals surface area contributed by atoms with Gasteiger partial charge in [-0.1, -0.05) is 0 Å². The van der Waals surface area contributed by atoms with Crippen molar-refractivity contribution in [2.45, 2.75) is 13.0 Å². The van der Waals surface area contributed by atoms with E-state index in [-0.39, 0.29) is 6.42 Å². The smallest absolute Gasteiger partial charge is 0.309 e. The predicted molar refractivity (Wildman–Crippen MR) is 70.9 cm³/mol. The highest BCUT2D eigenvalue weighted by atomic mass is 16.4. The lowest BCUT2D eigenvalue weighted by atomic mass is 10.2. The van der Waals surface area contributed by atoms with E-state index in [4.69, 9.17) is 5.11 Å². The predicted octanol–water partition coefficient (Wildman–Crippen LogP) is 1.16. The number of aliphatic carboxylic acids is 1. The maximum atomic E-state index is 10.5. The molecule has 100 valence electrons. The fourth-order valence-corrected chi connectivity index (χ4v) is 2.05. The molecule has 1 N–H and O–H groups in total. The summed E-state index contributed by atoms with van der Waals surface area (Å²) in [5, 5.41) is 8.67. The second-order valence-corrected chi connectivity index (χ2v) is 4.40. The summed E-state index contributed by atoms with van der Waals surface area (Å²) < 4.78 is 3.75. The monoisotopic (exact) mass is 269 g/mol. The summed E-state index contributed by atoms with van der Waals surface area (Å²) in [6.45, 7) is 0.455. The van der Waals surface area contributed by atoms with Gasteiger partial charge in [0, 0.05) is 42.5 Å². The summed E-state index contributed by atoms with van der Waals surface area (Å²) in [5.74, 6) is -0.801. The standard InChI is InChI=1S/C14H12N4O2/c19-12(20)3-8-17-6-1-11(2-7-17)13-14-16-5-10-18(14)9-4-15-13/h1-2,4-7,9-10H,3,8H2/p+1. The largest absolute Gasteiger partial charge is 0.481 e. The van der Waals surface area contributed by atoms with Crippen molar-refractivity contribution in [3.8, 4) is 11.3 Å². The van der Waals surface area contributed by atoms with Gasteiger partial charge < -0.3 is 9.51 Å². The van der Waals surface area contributed by atoms with Crippen LogP contribution in [0.5, 0.6) is 0 Å². The number of pyridine rings is 1. The van der Waals surface area contributed by atoms with Gasteiger partial charge in [0.25, 0.3) is 0 Å². The molecule has 0 aromatic carbocycles. The Bertz CT molecular complexity index is 749. The van der Waals surface area contributed by atoms with Crippen LogP contribution in [0.4, 0.5) is 0 Å². The number of nitrogens with zero attached hydrogens (tertiary/aromatic N) is 4.